The number of phenolic OH excluding ortho intramolecular Hbond substituents is 1. The van der Waals surface area contributed by atoms with Gasteiger partial charge in [0.2, 0.25) is 0 Å². The summed E-state index contributed by atoms with van der Waals surface area (Å²) in [6, 6.07) is 14.8. The average molecular weight is 243 g/mol. The first-order valence-electron chi connectivity index (χ1n) is 5.95. The number of hydrogen-bond acceptors (Lipinski definition) is 3. The number of nitrogens with one attached hydrogen (secondary N) is 1. The number of aromatic hydroxyl groups is 1. The van der Waals surface area contributed by atoms with Crippen LogP contribution in [-0.2, 0) is 6.54 Å². The van der Waals surface area contributed by atoms with E-state index in [0.29, 0.717) is 6.54 Å². The van der Waals surface area contributed by atoms with Gasteiger partial charge < -0.3 is 15.5 Å². The van der Waals surface area contributed by atoms with Crippen molar-refractivity contribution in [3.63, 3.8) is 0 Å². The van der Waals surface area contributed by atoms with Crippen molar-refractivity contribution >= 4 is 5.69 Å². The smallest absolute Gasteiger partial charge is 0.115 e. The molecule has 0 fully saturated rings. The summed E-state index contributed by atoms with van der Waals surface area (Å²) in [6.45, 7) is 2.40. The molecule has 0 saturated heterocycles. The van der Waals surface area contributed by atoms with Crippen molar-refractivity contribution in [3.05, 3.63) is 59.7 Å². The minimum atomic E-state index is -0.440. The Balaban J connectivity index is 1.98. The van der Waals surface area contributed by atoms with Gasteiger partial charge in [0, 0.05) is 12.2 Å². The van der Waals surface area contributed by atoms with Gasteiger partial charge in [-0.15, -0.1) is 0 Å². The topological polar surface area (TPSA) is 52.5 Å². The van der Waals surface area contributed by atoms with Crippen LogP contribution in [0.3, 0.4) is 0 Å². The van der Waals surface area contributed by atoms with E-state index in [9.17, 15) is 10.2 Å². The Morgan fingerprint density at radius 1 is 1.11 bits per heavy atom. The first-order valence-corrected chi connectivity index (χ1v) is 5.95. The van der Waals surface area contributed by atoms with E-state index in [4.69, 9.17) is 0 Å². The van der Waals surface area contributed by atoms with E-state index in [0.717, 1.165) is 16.8 Å². The number of benzene rings is 2. The number of phenols is 1. The summed E-state index contributed by atoms with van der Waals surface area (Å²) in [7, 11) is 0. The zero-order valence-corrected chi connectivity index (χ0v) is 10.3. The molecule has 0 saturated carbocycles. The summed E-state index contributed by atoms with van der Waals surface area (Å²) in [5.74, 6) is 0.277. The summed E-state index contributed by atoms with van der Waals surface area (Å²) in [5.41, 5.74) is 2.91. The molecule has 0 aromatic heterocycles. The van der Waals surface area contributed by atoms with Gasteiger partial charge in [0.25, 0.3) is 0 Å². The Hall–Kier alpha value is -2.00. The Morgan fingerprint density at radius 3 is 2.44 bits per heavy atom. The summed E-state index contributed by atoms with van der Waals surface area (Å²) in [6.07, 6.45) is -0.440. The van der Waals surface area contributed by atoms with Crippen LogP contribution in [0.4, 0.5) is 5.69 Å². The van der Waals surface area contributed by atoms with Gasteiger partial charge in [-0.2, -0.15) is 0 Å². The molecule has 3 nitrogen and oxygen atoms in total. The highest BCUT2D eigenvalue weighted by Crippen LogP contribution is 2.17. The fraction of sp³-hybridized carbons (Fsp3) is 0.200. The zero-order valence-electron chi connectivity index (χ0n) is 10.3. The molecule has 0 amide bonds. The molecular formula is C15H17NO2. The Kier molecular flexibility index (Phi) is 3.85. The van der Waals surface area contributed by atoms with Crippen LogP contribution in [0.5, 0.6) is 5.75 Å². The van der Waals surface area contributed by atoms with Crippen molar-refractivity contribution < 1.29 is 10.2 Å². The van der Waals surface area contributed by atoms with E-state index in [1.165, 1.54) is 0 Å². The van der Waals surface area contributed by atoms with Crippen LogP contribution >= 0.6 is 0 Å². The van der Waals surface area contributed by atoms with Gasteiger partial charge in [0.1, 0.15) is 5.75 Å². The van der Waals surface area contributed by atoms with Crippen LogP contribution in [0.15, 0.2) is 48.5 Å². The maximum atomic E-state index is 9.40. The summed E-state index contributed by atoms with van der Waals surface area (Å²) in [5, 5.41) is 22.0. The average Bonchev–Trinajstić information content (AvgIpc) is 2.37. The number of anilines is 1. The van der Waals surface area contributed by atoms with Crippen molar-refractivity contribution in [1.29, 1.82) is 0 Å². The molecule has 0 aliphatic carbocycles. The molecular weight excluding hydrogens is 226 g/mol. The molecule has 1 atom stereocenters. The van der Waals surface area contributed by atoms with Crippen LogP contribution in [0, 0.1) is 0 Å². The van der Waals surface area contributed by atoms with Gasteiger partial charge in [-0.25, -0.2) is 0 Å². The standard InChI is InChI=1S/C15H17NO2/c1-11(17)13-5-7-14(8-6-13)16-10-12-3-2-4-15(18)9-12/h2-9,11,16-18H,10H2,1H3. The maximum Gasteiger partial charge on any atom is 0.115 e. The molecule has 3 N–H and O–H groups in total. The Bertz CT molecular complexity index is 506. The lowest BCUT2D eigenvalue weighted by Gasteiger charge is -2.09. The van der Waals surface area contributed by atoms with Gasteiger partial charge in [-0.3, -0.25) is 0 Å². The van der Waals surface area contributed by atoms with E-state index in [-0.39, 0.29) is 5.75 Å². The fourth-order valence-corrected chi connectivity index (χ4v) is 1.75. The zero-order chi connectivity index (χ0) is 13.0. The first-order chi connectivity index (χ1) is 8.65. The molecule has 1 unspecified atom stereocenters. The van der Waals surface area contributed by atoms with Crippen LogP contribution in [0.2, 0.25) is 0 Å². The number of hydrogen-bond donors (Lipinski definition) is 3. The highest BCUT2D eigenvalue weighted by Gasteiger charge is 2.00. The van der Waals surface area contributed by atoms with E-state index in [2.05, 4.69) is 5.32 Å². The minimum Gasteiger partial charge on any atom is -0.508 e. The predicted octanol–water partition coefficient (Wildman–Crippen LogP) is 3.06. The van der Waals surface area contributed by atoms with Crippen LogP contribution in [0.25, 0.3) is 0 Å². The summed E-state index contributed by atoms with van der Waals surface area (Å²) < 4.78 is 0. The van der Waals surface area contributed by atoms with Crippen LogP contribution < -0.4 is 5.32 Å². The first kappa shape index (κ1) is 12.5. The lowest BCUT2D eigenvalue weighted by Crippen LogP contribution is -1.99. The second-order valence-corrected chi connectivity index (χ2v) is 4.32. The van der Waals surface area contributed by atoms with Gasteiger partial charge in [-0.1, -0.05) is 24.3 Å². The van der Waals surface area contributed by atoms with E-state index in [1.807, 2.05) is 36.4 Å². The molecule has 2 aromatic rings. The molecule has 0 bridgehead atoms. The third-order valence-electron chi connectivity index (χ3n) is 2.80. The molecule has 94 valence electrons. The van der Waals surface area contributed by atoms with Crippen molar-refractivity contribution in [1.82, 2.24) is 0 Å². The maximum absolute atomic E-state index is 9.40. The second kappa shape index (κ2) is 5.56. The summed E-state index contributed by atoms with van der Waals surface area (Å²) in [4.78, 5) is 0. The lowest BCUT2D eigenvalue weighted by atomic mass is 10.1. The molecule has 0 radical (unpaired) electrons. The van der Waals surface area contributed by atoms with Crippen molar-refractivity contribution in [2.45, 2.75) is 19.6 Å². The quantitative estimate of drug-likeness (QED) is 0.773. The van der Waals surface area contributed by atoms with E-state index in [1.54, 1.807) is 19.1 Å². The Labute approximate surface area is 107 Å². The fourth-order valence-electron chi connectivity index (χ4n) is 1.75. The van der Waals surface area contributed by atoms with Gasteiger partial charge in [-0.05, 0) is 42.3 Å². The molecule has 2 aromatic carbocycles. The van der Waals surface area contributed by atoms with Gasteiger partial charge in [0.15, 0.2) is 0 Å². The molecule has 0 aliphatic heterocycles. The van der Waals surface area contributed by atoms with Crippen molar-refractivity contribution in [3.8, 4) is 5.75 Å². The van der Waals surface area contributed by atoms with Crippen molar-refractivity contribution in [2.75, 3.05) is 5.32 Å². The normalized spacial score (nSPS) is 12.1. The monoisotopic (exact) mass is 243 g/mol. The number of rotatable bonds is 4. The molecule has 3 heteroatoms. The summed E-state index contributed by atoms with van der Waals surface area (Å²) >= 11 is 0. The highest BCUT2D eigenvalue weighted by molar-refractivity contribution is 5.45. The van der Waals surface area contributed by atoms with Crippen molar-refractivity contribution in [2.24, 2.45) is 0 Å². The Morgan fingerprint density at radius 2 is 1.83 bits per heavy atom. The SMILES string of the molecule is CC(O)c1ccc(NCc2cccc(O)c2)cc1. The van der Waals surface area contributed by atoms with Gasteiger partial charge >= 0.3 is 0 Å². The predicted molar refractivity (Wildman–Crippen MR) is 72.5 cm³/mol. The van der Waals surface area contributed by atoms with Crippen LogP contribution in [-0.4, -0.2) is 10.2 Å². The molecule has 0 aliphatic rings. The third-order valence-corrected chi connectivity index (χ3v) is 2.80. The molecule has 2 rings (SSSR count). The number of aliphatic hydroxyl groups excluding tert-OH is 1. The second-order valence-electron chi connectivity index (χ2n) is 4.32. The highest BCUT2D eigenvalue weighted by atomic mass is 16.3. The van der Waals surface area contributed by atoms with E-state index >= 15 is 0 Å². The molecule has 18 heavy (non-hydrogen) atoms. The molecule has 0 heterocycles. The van der Waals surface area contributed by atoms with Crippen LogP contribution in [0.1, 0.15) is 24.2 Å². The minimum absolute atomic E-state index is 0.277. The number of aliphatic hydroxyl groups is 1. The lowest BCUT2D eigenvalue weighted by molar-refractivity contribution is 0.199. The van der Waals surface area contributed by atoms with Gasteiger partial charge in [0.05, 0.1) is 6.10 Å². The largest absolute Gasteiger partial charge is 0.508 e. The van der Waals surface area contributed by atoms with E-state index < -0.39 is 6.10 Å². The molecule has 0 spiro atoms. The third kappa shape index (κ3) is 3.25.